The van der Waals surface area contributed by atoms with Crippen LogP contribution in [0.2, 0.25) is 0 Å². The van der Waals surface area contributed by atoms with Gasteiger partial charge in [0, 0.05) is 18.7 Å². The monoisotopic (exact) mass is 224 g/mol. The minimum Gasteiger partial charge on any atom is -0.281 e. The fourth-order valence-corrected chi connectivity index (χ4v) is 3.60. The molecule has 2 saturated heterocycles. The van der Waals surface area contributed by atoms with Crippen LogP contribution in [0.1, 0.15) is 19.3 Å². The molecule has 0 radical (unpaired) electrons. The maximum atomic E-state index is 12.0. The standard InChI is InChI=1S/C10H12N2O2S/c11-3-1-4-12-8(13)6-10(9(12)14)2-5-15-7-10/h1-2,4-7H2. The Kier molecular flexibility index (Phi) is 2.70. The zero-order valence-corrected chi connectivity index (χ0v) is 9.18. The molecule has 0 saturated carbocycles. The van der Waals surface area contributed by atoms with Crippen molar-refractivity contribution < 1.29 is 9.59 Å². The number of imide groups is 1. The van der Waals surface area contributed by atoms with Gasteiger partial charge in [-0.3, -0.25) is 14.5 Å². The summed E-state index contributed by atoms with van der Waals surface area (Å²) < 4.78 is 0. The number of carbonyl (C=O) groups is 2. The second-order valence-electron chi connectivity index (χ2n) is 4.02. The average molecular weight is 224 g/mol. The van der Waals surface area contributed by atoms with Gasteiger partial charge < -0.3 is 0 Å². The summed E-state index contributed by atoms with van der Waals surface area (Å²) in [5.74, 6) is 1.58. The van der Waals surface area contributed by atoms with Crippen LogP contribution in [-0.2, 0) is 9.59 Å². The van der Waals surface area contributed by atoms with E-state index in [-0.39, 0.29) is 24.8 Å². The van der Waals surface area contributed by atoms with E-state index in [1.165, 1.54) is 4.90 Å². The molecule has 80 valence electrons. The van der Waals surface area contributed by atoms with Crippen LogP contribution in [0.5, 0.6) is 0 Å². The van der Waals surface area contributed by atoms with Crippen molar-refractivity contribution >= 4 is 23.6 Å². The third-order valence-corrected chi connectivity index (χ3v) is 4.29. The average Bonchev–Trinajstić information content (AvgIpc) is 2.75. The van der Waals surface area contributed by atoms with E-state index in [1.807, 2.05) is 6.07 Å². The SMILES string of the molecule is N#CCCN1C(=O)CC2(CCSC2)C1=O. The van der Waals surface area contributed by atoms with E-state index in [1.54, 1.807) is 11.8 Å². The van der Waals surface area contributed by atoms with E-state index in [9.17, 15) is 9.59 Å². The van der Waals surface area contributed by atoms with Crippen LogP contribution in [0.4, 0.5) is 0 Å². The lowest BCUT2D eigenvalue weighted by atomic mass is 9.86. The molecule has 4 nitrogen and oxygen atoms in total. The highest BCUT2D eigenvalue weighted by atomic mass is 32.2. The first-order chi connectivity index (χ1) is 7.19. The highest BCUT2D eigenvalue weighted by Gasteiger charge is 2.52. The molecule has 1 atom stereocenters. The molecule has 15 heavy (non-hydrogen) atoms. The molecule has 1 spiro atoms. The van der Waals surface area contributed by atoms with Crippen LogP contribution in [-0.4, -0.2) is 34.8 Å². The second-order valence-corrected chi connectivity index (χ2v) is 5.12. The van der Waals surface area contributed by atoms with E-state index >= 15 is 0 Å². The number of amides is 2. The van der Waals surface area contributed by atoms with Crippen molar-refractivity contribution in [2.75, 3.05) is 18.1 Å². The molecule has 0 bridgehead atoms. The fraction of sp³-hybridized carbons (Fsp3) is 0.700. The lowest BCUT2D eigenvalue weighted by Crippen LogP contribution is -2.36. The molecule has 2 aliphatic heterocycles. The number of carbonyl (C=O) groups excluding carboxylic acids is 2. The van der Waals surface area contributed by atoms with Gasteiger partial charge in [-0.1, -0.05) is 0 Å². The summed E-state index contributed by atoms with van der Waals surface area (Å²) in [4.78, 5) is 24.9. The van der Waals surface area contributed by atoms with E-state index in [2.05, 4.69) is 0 Å². The van der Waals surface area contributed by atoms with Gasteiger partial charge in [0.05, 0.1) is 17.9 Å². The predicted molar refractivity (Wildman–Crippen MR) is 55.9 cm³/mol. The molecule has 2 fully saturated rings. The molecule has 2 heterocycles. The molecule has 0 aromatic heterocycles. The Balaban J connectivity index is 2.13. The van der Waals surface area contributed by atoms with E-state index in [0.717, 1.165) is 17.9 Å². The molecule has 2 rings (SSSR count). The number of likely N-dealkylation sites (tertiary alicyclic amines) is 1. The van der Waals surface area contributed by atoms with Gasteiger partial charge in [0.25, 0.3) is 0 Å². The topological polar surface area (TPSA) is 61.2 Å². The van der Waals surface area contributed by atoms with Gasteiger partial charge in [0.15, 0.2) is 0 Å². The number of hydrogen-bond donors (Lipinski definition) is 0. The Bertz CT molecular complexity index is 342. The number of nitrogens with zero attached hydrogens (tertiary/aromatic N) is 2. The van der Waals surface area contributed by atoms with Gasteiger partial charge >= 0.3 is 0 Å². The summed E-state index contributed by atoms with van der Waals surface area (Å²) in [7, 11) is 0. The molecule has 2 aliphatic rings. The highest BCUT2D eigenvalue weighted by Crippen LogP contribution is 2.44. The first-order valence-corrected chi connectivity index (χ1v) is 6.15. The van der Waals surface area contributed by atoms with Crippen LogP contribution in [0.15, 0.2) is 0 Å². The Labute approximate surface area is 92.6 Å². The van der Waals surface area contributed by atoms with E-state index in [4.69, 9.17) is 5.26 Å². The maximum absolute atomic E-state index is 12.0. The summed E-state index contributed by atoms with van der Waals surface area (Å²) in [6.45, 7) is 0.264. The zero-order chi connectivity index (χ0) is 10.9. The third kappa shape index (κ3) is 1.63. The Morgan fingerprint density at radius 2 is 2.33 bits per heavy atom. The van der Waals surface area contributed by atoms with Gasteiger partial charge in [-0.2, -0.15) is 17.0 Å². The molecule has 0 aromatic carbocycles. The zero-order valence-electron chi connectivity index (χ0n) is 8.36. The smallest absolute Gasteiger partial charge is 0.236 e. The van der Waals surface area contributed by atoms with Crippen molar-refractivity contribution in [1.29, 1.82) is 5.26 Å². The molecule has 0 aliphatic carbocycles. The van der Waals surface area contributed by atoms with Crippen LogP contribution in [0.3, 0.4) is 0 Å². The lowest BCUT2D eigenvalue weighted by Gasteiger charge is -2.19. The van der Waals surface area contributed by atoms with Crippen molar-refractivity contribution in [3.05, 3.63) is 0 Å². The molecular weight excluding hydrogens is 212 g/mol. The molecule has 1 unspecified atom stereocenters. The normalized spacial score (nSPS) is 30.2. The van der Waals surface area contributed by atoms with Crippen molar-refractivity contribution in [2.24, 2.45) is 5.41 Å². The van der Waals surface area contributed by atoms with Crippen LogP contribution < -0.4 is 0 Å². The lowest BCUT2D eigenvalue weighted by molar-refractivity contribution is -0.140. The molecule has 0 aromatic rings. The fourth-order valence-electron chi connectivity index (χ4n) is 2.16. The second kappa shape index (κ2) is 3.86. The van der Waals surface area contributed by atoms with Crippen molar-refractivity contribution in [2.45, 2.75) is 19.3 Å². The van der Waals surface area contributed by atoms with Gasteiger partial charge in [0.2, 0.25) is 11.8 Å². The Hall–Kier alpha value is -1.02. The first-order valence-electron chi connectivity index (χ1n) is 4.99. The Morgan fingerprint density at radius 1 is 1.53 bits per heavy atom. The summed E-state index contributed by atoms with van der Waals surface area (Å²) >= 11 is 1.74. The number of nitriles is 1. The van der Waals surface area contributed by atoms with Crippen LogP contribution >= 0.6 is 11.8 Å². The summed E-state index contributed by atoms with van der Waals surface area (Å²) in [5, 5.41) is 8.45. The van der Waals surface area contributed by atoms with Crippen molar-refractivity contribution in [3.63, 3.8) is 0 Å². The summed E-state index contributed by atoms with van der Waals surface area (Å²) in [5.41, 5.74) is -0.419. The number of hydrogen-bond acceptors (Lipinski definition) is 4. The largest absolute Gasteiger partial charge is 0.281 e. The predicted octanol–water partition coefficient (Wildman–Crippen LogP) is 0.782. The highest BCUT2D eigenvalue weighted by molar-refractivity contribution is 7.99. The summed E-state index contributed by atoms with van der Waals surface area (Å²) in [6, 6.07) is 1.96. The van der Waals surface area contributed by atoms with Crippen LogP contribution in [0, 0.1) is 16.7 Å². The van der Waals surface area contributed by atoms with Crippen molar-refractivity contribution in [3.8, 4) is 6.07 Å². The van der Waals surface area contributed by atoms with Gasteiger partial charge in [-0.15, -0.1) is 0 Å². The minimum atomic E-state index is -0.419. The van der Waals surface area contributed by atoms with Gasteiger partial charge in [0.1, 0.15) is 0 Å². The van der Waals surface area contributed by atoms with Crippen molar-refractivity contribution in [1.82, 2.24) is 4.90 Å². The summed E-state index contributed by atoms with van der Waals surface area (Å²) in [6.07, 6.45) is 1.40. The van der Waals surface area contributed by atoms with E-state index < -0.39 is 5.41 Å². The minimum absolute atomic E-state index is 0.0484. The van der Waals surface area contributed by atoms with Crippen LogP contribution in [0.25, 0.3) is 0 Å². The first kappa shape index (κ1) is 10.5. The number of rotatable bonds is 2. The van der Waals surface area contributed by atoms with E-state index in [0.29, 0.717) is 6.42 Å². The molecule has 2 amide bonds. The Morgan fingerprint density at radius 3 is 2.93 bits per heavy atom. The quantitative estimate of drug-likeness (QED) is 0.650. The third-order valence-electron chi connectivity index (χ3n) is 3.04. The molecular formula is C10H12N2O2S. The number of thioether (sulfide) groups is 1. The van der Waals surface area contributed by atoms with Gasteiger partial charge in [-0.05, 0) is 12.2 Å². The molecule has 5 heteroatoms. The maximum Gasteiger partial charge on any atom is 0.236 e. The molecule has 0 N–H and O–H groups in total. The van der Waals surface area contributed by atoms with Gasteiger partial charge in [-0.25, -0.2) is 0 Å².